The van der Waals surface area contributed by atoms with Gasteiger partial charge in [-0.25, -0.2) is 8.42 Å². The molecule has 0 heterocycles. The van der Waals surface area contributed by atoms with E-state index in [1.165, 1.54) is 31.4 Å². The summed E-state index contributed by atoms with van der Waals surface area (Å²) >= 11 is 0. The van der Waals surface area contributed by atoms with Gasteiger partial charge in [0.15, 0.2) is 6.10 Å². The standard InChI is InChI=1S/C22H19F3N2O6S/c1-32-18-13-15(26-21(29)20(28)14-6-3-2-4-7-14)10-11-19(18)34(30,31)27-16-8-5-9-17(12-16)33-22(23,24)25/h2-13,20,27-28H,1H3,(H,26,29)/t20-/m0/s1. The summed E-state index contributed by atoms with van der Waals surface area (Å²) in [5.41, 5.74) is 0.343. The Hall–Kier alpha value is -3.77. The molecule has 0 saturated carbocycles. The fourth-order valence-electron chi connectivity index (χ4n) is 2.93. The molecule has 3 N–H and O–H groups in total. The van der Waals surface area contributed by atoms with Crippen LogP contribution in [0.4, 0.5) is 24.5 Å². The third-order valence-corrected chi connectivity index (χ3v) is 5.82. The Balaban J connectivity index is 1.79. The molecule has 34 heavy (non-hydrogen) atoms. The first-order valence-electron chi connectivity index (χ1n) is 9.59. The van der Waals surface area contributed by atoms with Gasteiger partial charge in [0.2, 0.25) is 0 Å². The number of aliphatic hydroxyl groups excluding tert-OH is 1. The largest absolute Gasteiger partial charge is 0.573 e. The molecule has 1 atom stereocenters. The third-order valence-electron chi connectivity index (χ3n) is 4.40. The molecule has 0 aliphatic carbocycles. The number of hydrogen-bond acceptors (Lipinski definition) is 6. The van der Waals surface area contributed by atoms with E-state index in [2.05, 4.69) is 14.8 Å². The molecule has 0 radical (unpaired) electrons. The van der Waals surface area contributed by atoms with E-state index in [0.717, 1.165) is 18.2 Å². The molecule has 0 aliphatic heterocycles. The van der Waals surface area contributed by atoms with Gasteiger partial charge >= 0.3 is 6.36 Å². The maximum Gasteiger partial charge on any atom is 0.573 e. The van der Waals surface area contributed by atoms with Gasteiger partial charge in [-0.3, -0.25) is 9.52 Å². The topological polar surface area (TPSA) is 114 Å². The number of amides is 1. The molecule has 12 heteroatoms. The van der Waals surface area contributed by atoms with E-state index in [9.17, 15) is 31.5 Å². The molecule has 0 bridgehead atoms. The molecule has 0 spiro atoms. The number of alkyl halides is 3. The number of benzene rings is 3. The van der Waals surface area contributed by atoms with Gasteiger partial charge < -0.3 is 19.9 Å². The van der Waals surface area contributed by atoms with Gasteiger partial charge in [0.25, 0.3) is 15.9 Å². The van der Waals surface area contributed by atoms with Crippen molar-refractivity contribution in [2.75, 3.05) is 17.1 Å². The first-order chi connectivity index (χ1) is 16.0. The Kier molecular flexibility index (Phi) is 7.32. The van der Waals surface area contributed by atoms with Crippen LogP contribution in [0.2, 0.25) is 0 Å². The Bertz CT molecular complexity index is 1270. The van der Waals surface area contributed by atoms with E-state index in [0.29, 0.717) is 5.56 Å². The summed E-state index contributed by atoms with van der Waals surface area (Å²) in [6.45, 7) is 0. The maximum atomic E-state index is 12.8. The first-order valence-corrected chi connectivity index (χ1v) is 11.1. The van der Waals surface area contributed by atoms with Crippen LogP contribution in [0, 0.1) is 0 Å². The highest BCUT2D eigenvalue weighted by Gasteiger charge is 2.31. The molecule has 8 nitrogen and oxygen atoms in total. The van der Waals surface area contributed by atoms with Crippen molar-refractivity contribution in [2.24, 2.45) is 0 Å². The minimum Gasteiger partial charge on any atom is -0.495 e. The van der Waals surface area contributed by atoms with Gasteiger partial charge in [-0.15, -0.1) is 13.2 Å². The van der Waals surface area contributed by atoms with Crippen LogP contribution in [0.3, 0.4) is 0 Å². The number of anilines is 2. The number of sulfonamides is 1. The van der Waals surface area contributed by atoms with Gasteiger partial charge in [-0.05, 0) is 29.8 Å². The van der Waals surface area contributed by atoms with Crippen molar-refractivity contribution in [1.82, 2.24) is 0 Å². The lowest BCUT2D eigenvalue weighted by Crippen LogP contribution is -2.21. The number of halogens is 3. The molecule has 0 aromatic heterocycles. The lowest BCUT2D eigenvalue weighted by molar-refractivity contribution is -0.274. The normalized spacial score (nSPS) is 12.5. The summed E-state index contributed by atoms with van der Waals surface area (Å²) in [6, 6.07) is 16.2. The fraction of sp³-hybridized carbons (Fsp3) is 0.136. The number of carbonyl (C=O) groups excluding carboxylic acids is 1. The smallest absolute Gasteiger partial charge is 0.495 e. The predicted molar refractivity (Wildman–Crippen MR) is 117 cm³/mol. The summed E-state index contributed by atoms with van der Waals surface area (Å²) < 4.78 is 74.0. The highest BCUT2D eigenvalue weighted by molar-refractivity contribution is 7.92. The Morgan fingerprint density at radius 1 is 0.971 bits per heavy atom. The number of ether oxygens (including phenoxy) is 2. The molecule has 0 aliphatic rings. The van der Waals surface area contributed by atoms with Crippen molar-refractivity contribution < 1.29 is 41.0 Å². The minimum atomic E-state index is -4.94. The van der Waals surface area contributed by atoms with Crippen molar-refractivity contribution in [2.45, 2.75) is 17.4 Å². The number of carbonyl (C=O) groups is 1. The lowest BCUT2D eigenvalue weighted by Gasteiger charge is -2.15. The summed E-state index contributed by atoms with van der Waals surface area (Å²) in [4.78, 5) is 12.0. The zero-order valence-electron chi connectivity index (χ0n) is 17.5. The molecule has 180 valence electrons. The van der Waals surface area contributed by atoms with Crippen molar-refractivity contribution >= 4 is 27.3 Å². The summed E-state index contributed by atoms with van der Waals surface area (Å²) in [5.74, 6) is -1.50. The lowest BCUT2D eigenvalue weighted by atomic mass is 10.1. The number of aliphatic hydroxyl groups is 1. The zero-order chi connectivity index (χ0) is 24.9. The van der Waals surface area contributed by atoms with Gasteiger partial charge in [0, 0.05) is 17.8 Å². The predicted octanol–water partition coefficient (Wildman–Crippen LogP) is 4.07. The number of hydrogen-bond donors (Lipinski definition) is 3. The molecule has 0 saturated heterocycles. The van der Waals surface area contributed by atoms with E-state index in [1.807, 2.05) is 0 Å². The number of rotatable bonds is 8. The molecule has 3 aromatic rings. The van der Waals surface area contributed by atoms with E-state index in [-0.39, 0.29) is 22.0 Å². The monoisotopic (exact) mass is 496 g/mol. The Morgan fingerprint density at radius 2 is 1.68 bits per heavy atom. The average Bonchev–Trinajstić information content (AvgIpc) is 2.77. The van der Waals surface area contributed by atoms with Crippen LogP contribution in [0.15, 0.2) is 77.7 Å². The number of methoxy groups -OCH3 is 1. The molecule has 0 fully saturated rings. The Labute approximate surface area is 193 Å². The summed E-state index contributed by atoms with van der Waals surface area (Å²) in [5, 5.41) is 12.7. The summed E-state index contributed by atoms with van der Waals surface area (Å²) in [7, 11) is -3.09. The van der Waals surface area contributed by atoms with E-state index >= 15 is 0 Å². The first kappa shape index (κ1) is 24.9. The molecule has 3 aromatic carbocycles. The van der Waals surface area contributed by atoms with Crippen LogP contribution >= 0.6 is 0 Å². The van der Waals surface area contributed by atoms with Crippen LogP contribution in [0.25, 0.3) is 0 Å². The molecule has 0 unspecified atom stereocenters. The highest BCUT2D eigenvalue weighted by atomic mass is 32.2. The molecular formula is C22H19F3N2O6S. The minimum absolute atomic E-state index is 0.149. The maximum absolute atomic E-state index is 12.8. The van der Waals surface area contributed by atoms with Crippen molar-refractivity contribution in [1.29, 1.82) is 0 Å². The average molecular weight is 496 g/mol. The fourth-order valence-corrected chi connectivity index (χ4v) is 4.13. The quantitative estimate of drug-likeness (QED) is 0.433. The van der Waals surface area contributed by atoms with Crippen LogP contribution in [-0.2, 0) is 14.8 Å². The number of nitrogens with one attached hydrogen (secondary N) is 2. The highest BCUT2D eigenvalue weighted by Crippen LogP contribution is 2.31. The second kappa shape index (κ2) is 10.0. The van der Waals surface area contributed by atoms with Gasteiger partial charge in [-0.2, -0.15) is 0 Å². The van der Waals surface area contributed by atoms with E-state index in [1.54, 1.807) is 30.3 Å². The van der Waals surface area contributed by atoms with Crippen LogP contribution in [0.1, 0.15) is 11.7 Å². The van der Waals surface area contributed by atoms with E-state index in [4.69, 9.17) is 4.74 Å². The zero-order valence-corrected chi connectivity index (χ0v) is 18.4. The molecule has 1 amide bonds. The van der Waals surface area contributed by atoms with Gasteiger partial charge in [0.05, 0.1) is 12.8 Å². The third kappa shape index (κ3) is 6.39. The van der Waals surface area contributed by atoms with Gasteiger partial charge in [-0.1, -0.05) is 36.4 Å². The van der Waals surface area contributed by atoms with Crippen LogP contribution in [-0.4, -0.2) is 32.9 Å². The second-order valence-electron chi connectivity index (χ2n) is 6.85. The van der Waals surface area contributed by atoms with Crippen LogP contribution in [0.5, 0.6) is 11.5 Å². The van der Waals surface area contributed by atoms with Crippen LogP contribution < -0.4 is 19.5 Å². The van der Waals surface area contributed by atoms with Crippen molar-refractivity contribution in [3.05, 3.63) is 78.4 Å². The SMILES string of the molecule is COc1cc(NC(=O)[C@@H](O)c2ccccc2)ccc1S(=O)(=O)Nc1cccc(OC(F)(F)F)c1. The second-order valence-corrected chi connectivity index (χ2v) is 8.50. The van der Waals surface area contributed by atoms with Gasteiger partial charge in [0.1, 0.15) is 16.4 Å². The Morgan fingerprint density at radius 3 is 2.32 bits per heavy atom. The molecule has 3 rings (SSSR count). The van der Waals surface area contributed by atoms with E-state index < -0.39 is 34.1 Å². The van der Waals surface area contributed by atoms with Crippen molar-refractivity contribution in [3.8, 4) is 11.5 Å². The van der Waals surface area contributed by atoms with Crippen molar-refractivity contribution in [3.63, 3.8) is 0 Å². The molecular weight excluding hydrogens is 477 g/mol. The summed E-state index contributed by atoms with van der Waals surface area (Å²) in [6.07, 6.45) is -6.39.